The number of carbonyl (C=O) groups is 1. The topological polar surface area (TPSA) is 38.1 Å². The maximum absolute atomic E-state index is 13.0. The summed E-state index contributed by atoms with van der Waals surface area (Å²) in [6.07, 6.45) is 2.03. The SMILES string of the molecule is Cc1nc2ccccc2n1CC1CCN(C(=O)CSc2ccc(F)cc2)CC1. The normalized spacial score (nSPS) is 15.3. The zero-order valence-corrected chi connectivity index (χ0v) is 16.8. The molecule has 0 unspecified atom stereocenters. The second kappa shape index (κ2) is 8.35. The Morgan fingerprint density at radius 3 is 2.61 bits per heavy atom. The molecule has 146 valence electrons. The highest BCUT2D eigenvalue weighted by Crippen LogP contribution is 2.25. The van der Waals surface area contributed by atoms with Crippen molar-refractivity contribution in [2.45, 2.75) is 31.2 Å². The summed E-state index contributed by atoms with van der Waals surface area (Å²) in [6.45, 7) is 4.63. The second-order valence-corrected chi connectivity index (χ2v) is 8.37. The van der Waals surface area contributed by atoms with Crippen molar-refractivity contribution in [1.29, 1.82) is 0 Å². The first-order chi connectivity index (χ1) is 13.6. The lowest BCUT2D eigenvalue weighted by Crippen LogP contribution is -2.40. The number of halogens is 1. The Kier molecular flexibility index (Phi) is 5.67. The van der Waals surface area contributed by atoms with Gasteiger partial charge in [-0.25, -0.2) is 9.37 Å². The van der Waals surface area contributed by atoms with Gasteiger partial charge in [0.25, 0.3) is 0 Å². The van der Waals surface area contributed by atoms with Crippen LogP contribution in [0.5, 0.6) is 0 Å². The molecule has 1 aliphatic rings. The van der Waals surface area contributed by atoms with Crippen molar-refractivity contribution in [1.82, 2.24) is 14.5 Å². The van der Waals surface area contributed by atoms with Crippen LogP contribution in [0, 0.1) is 18.7 Å². The van der Waals surface area contributed by atoms with Crippen molar-refractivity contribution in [2.24, 2.45) is 5.92 Å². The van der Waals surface area contributed by atoms with E-state index in [1.807, 2.05) is 11.0 Å². The Bertz CT molecular complexity index is 962. The van der Waals surface area contributed by atoms with Gasteiger partial charge in [0.15, 0.2) is 0 Å². The summed E-state index contributed by atoms with van der Waals surface area (Å²) in [5, 5.41) is 0. The number of nitrogens with zero attached hydrogens (tertiary/aromatic N) is 3. The van der Waals surface area contributed by atoms with Gasteiger partial charge in [-0.05, 0) is 62.1 Å². The van der Waals surface area contributed by atoms with Crippen LogP contribution >= 0.6 is 11.8 Å². The van der Waals surface area contributed by atoms with Crippen LogP contribution < -0.4 is 0 Å². The van der Waals surface area contributed by atoms with E-state index in [4.69, 9.17) is 0 Å². The Balaban J connectivity index is 1.30. The molecular weight excluding hydrogens is 373 g/mol. The fourth-order valence-corrected chi connectivity index (χ4v) is 4.62. The first kappa shape index (κ1) is 19.0. The van der Waals surface area contributed by atoms with E-state index in [0.717, 1.165) is 48.7 Å². The molecule has 0 saturated carbocycles. The molecule has 1 saturated heterocycles. The van der Waals surface area contributed by atoms with E-state index < -0.39 is 0 Å². The van der Waals surface area contributed by atoms with Crippen molar-refractivity contribution < 1.29 is 9.18 Å². The molecule has 1 aliphatic heterocycles. The van der Waals surface area contributed by atoms with Crippen LogP contribution in [0.25, 0.3) is 11.0 Å². The number of carbonyl (C=O) groups excluding carboxylic acids is 1. The van der Waals surface area contributed by atoms with Crippen LogP contribution in [0.4, 0.5) is 4.39 Å². The zero-order valence-electron chi connectivity index (χ0n) is 16.0. The third-order valence-corrected chi connectivity index (χ3v) is 6.43. The molecule has 0 atom stereocenters. The molecule has 28 heavy (non-hydrogen) atoms. The van der Waals surface area contributed by atoms with Crippen molar-refractivity contribution in [2.75, 3.05) is 18.8 Å². The number of amides is 1. The van der Waals surface area contributed by atoms with Crippen LogP contribution in [0.15, 0.2) is 53.4 Å². The zero-order chi connectivity index (χ0) is 19.5. The molecular formula is C22H24FN3OS. The van der Waals surface area contributed by atoms with Crippen molar-refractivity contribution in [3.05, 3.63) is 60.2 Å². The third kappa shape index (κ3) is 4.22. The molecule has 3 aromatic rings. The first-order valence-corrected chi connectivity index (χ1v) is 10.7. The Labute approximate surface area is 168 Å². The van der Waals surface area contributed by atoms with Crippen LogP contribution in [-0.4, -0.2) is 39.2 Å². The number of para-hydroxylation sites is 2. The lowest BCUT2D eigenvalue weighted by molar-refractivity contribution is -0.129. The molecule has 1 aromatic heterocycles. The number of piperidine rings is 1. The summed E-state index contributed by atoms with van der Waals surface area (Å²) in [5.74, 6) is 1.93. The van der Waals surface area contributed by atoms with Gasteiger partial charge >= 0.3 is 0 Å². The van der Waals surface area contributed by atoms with Gasteiger partial charge < -0.3 is 9.47 Å². The molecule has 6 heteroatoms. The lowest BCUT2D eigenvalue weighted by atomic mass is 9.96. The number of aryl methyl sites for hydroxylation is 1. The first-order valence-electron chi connectivity index (χ1n) is 9.68. The fourth-order valence-electron chi connectivity index (χ4n) is 3.82. The lowest BCUT2D eigenvalue weighted by Gasteiger charge is -2.32. The van der Waals surface area contributed by atoms with Gasteiger partial charge in [-0.1, -0.05) is 12.1 Å². The van der Waals surface area contributed by atoms with Crippen molar-refractivity contribution in [3.8, 4) is 0 Å². The average molecular weight is 398 g/mol. The highest BCUT2D eigenvalue weighted by molar-refractivity contribution is 8.00. The molecule has 0 bridgehead atoms. The van der Waals surface area contributed by atoms with E-state index >= 15 is 0 Å². The number of hydrogen-bond donors (Lipinski definition) is 0. The predicted molar refractivity (Wildman–Crippen MR) is 111 cm³/mol. The molecule has 2 aromatic carbocycles. The van der Waals surface area contributed by atoms with Gasteiger partial charge in [0.2, 0.25) is 5.91 Å². The van der Waals surface area contributed by atoms with Crippen LogP contribution in [0.1, 0.15) is 18.7 Å². The predicted octanol–water partition coefficient (Wildman–Crippen LogP) is 4.51. The molecule has 0 N–H and O–H groups in total. The van der Waals surface area contributed by atoms with E-state index in [0.29, 0.717) is 11.7 Å². The minimum atomic E-state index is -0.251. The molecule has 0 aliphatic carbocycles. The minimum Gasteiger partial charge on any atom is -0.342 e. The molecule has 4 rings (SSSR count). The van der Waals surface area contributed by atoms with Gasteiger partial charge in [-0.3, -0.25) is 4.79 Å². The van der Waals surface area contributed by atoms with Gasteiger partial charge in [0.05, 0.1) is 16.8 Å². The van der Waals surface area contributed by atoms with E-state index in [9.17, 15) is 9.18 Å². The molecule has 1 fully saturated rings. The minimum absolute atomic E-state index is 0.164. The number of fused-ring (bicyclic) bond motifs is 1. The van der Waals surface area contributed by atoms with E-state index in [2.05, 4.69) is 34.7 Å². The van der Waals surface area contributed by atoms with Crippen LogP contribution in [-0.2, 0) is 11.3 Å². The highest BCUT2D eigenvalue weighted by Gasteiger charge is 2.24. The summed E-state index contributed by atoms with van der Waals surface area (Å²) < 4.78 is 15.3. The fraction of sp³-hybridized carbons (Fsp3) is 0.364. The molecule has 1 amide bonds. The number of likely N-dealkylation sites (tertiary alicyclic amines) is 1. The van der Waals surface area contributed by atoms with Crippen LogP contribution in [0.2, 0.25) is 0 Å². The molecule has 0 radical (unpaired) electrons. The monoisotopic (exact) mass is 397 g/mol. The Hall–Kier alpha value is -2.34. The molecule has 2 heterocycles. The number of aromatic nitrogens is 2. The quantitative estimate of drug-likeness (QED) is 0.595. The highest BCUT2D eigenvalue weighted by atomic mass is 32.2. The smallest absolute Gasteiger partial charge is 0.232 e. The van der Waals surface area contributed by atoms with Gasteiger partial charge in [-0.15, -0.1) is 11.8 Å². The Morgan fingerprint density at radius 2 is 1.86 bits per heavy atom. The number of imidazole rings is 1. The largest absolute Gasteiger partial charge is 0.342 e. The summed E-state index contributed by atoms with van der Waals surface area (Å²) in [6, 6.07) is 14.6. The summed E-state index contributed by atoms with van der Waals surface area (Å²) in [5.41, 5.74) is 2.24. The molecule has 0 spiro atoms. The summed E-state index contributed by atoms with van der Waals surface area (Å²) >= 11 is 1.47. The maximum atomic E-state index is 13.0. The van der Waals surface area contributed by atoms with Crippen LogP contribution in [0.3, 0.4) is 0 Å². The Morgan fingerprint density at radius 1 is 1.14 bits per heavy atom. The maximum Gasteiger partial charge on any atom is 0.232 e. The molecule has 4 nitrogen and oxygen atoms in total. The van der Waals surface area contributed by atoms with Gasteiger partial charge in [0.1, 0.15) is 11.6 Å². The van der Waals surface area contributed by atoms with E-state index in [-0.39, 0.29) is 11.7 Å². The number of thioether (sulfide) groups is 1. The van der Waals surface area contributed by atoms with E-state index in [1.165, 1.54) is 29.4 Å². The van der Waals surface area contributed by atoms with Gasteiger partial charge in [-0.2, -0.15) is 0 Å². The number of rotatable bonds is 5. The van der Waals surface area contributed by atoms with Crippen molar-refractivity contribution >= 4 is 28.7 Å². The summed E-state index contributed by atoms with van der Waals surface area (Å²) in [7, 11) is 0. The van der Waals surface area contributed by atoms with E-state index in [1.54, 1.807) is 12.1 Å². The number of benzene rings is 2. The standard InChI is InChI=1S/C22H24FN3OS/c1-16-24-20-4-2-3-5-21(20)26(16)14-17-10-12-25(13-11-17)22(27)15-28-19-8-6-18(23)7-9-19/h2-9,17H,10-15H2,1H3. The third-order valence-electron chi connectivity index (χ3n) is 5.43. The second-order valence-electron chi connectivity index (χ2n) is 7.33. The number of hydrogen-bond acceptors (Lipinski definition) is 3. The van der Waals surface area contributed by atoms with Crippen molar-refractivity contribution in [3.63, 3.8) is 0 Å². The summed E-state index contributed by atoms with van der Waals surface area (Å²) in [4.78, 5) is 20.0. The van der Waals surface area contributed by atoms with Gasteiger partial charge in [0, 0.05) is 24.5 Å². The average Bonchev–Trinajstić information content (AvgIpc) is 3.03.